The Bertz CT molecular complexity index is 598. The van der Waals surface area contributed by atoms with E-state index in [0.717, 1.165) is 87.2 Å². The molecule has 1 rings (SSSR count). The Morgan fingerprint density at radius 2 is 1.12 bits per heavy atom. The molecule has 1 aromatic carbocycles. The lowest BCUT2D eigenvalue weighted by Gasteiger charge is -2.39. The third-order valence-electron chi connectivity index (χ3n) is 5.81. The van der Waals surface area contributed by atoms with Crippen molar-refractivity contribution in [3.63, 3.8) is 0 Å². The van der Waals surface area contributed by atoms with Gasteiger partial charge < -0.3 is 4.18 Å². The highest BCUT2D eigenvalue weighted by atomic mass is 32.3. The summed E-state index contributed by atoms with van der Waals surface area (Å²) in [6, 6.07) is 4.44. The Morgan fingerprint density at radius 3 is 1.47 bits per heavy atom. The molecule has 0 heterocycles. The molecule has 0 saturated carbocycles. The number of benzene rings is 1. The van der Waals surface area contributed by atoms with Gasteiger partial charge in [-0.25, -0.2) is 4.79 Å². The lowest BCUT2D eigenvalue weighted by atomic mass is 10.1. The topological polar surface area (TPSA) is 26.3 Å². The van der Waals surface area contributed by atoms with Gasteiger partial charge in [0.1, 0.15) is 0 Å². The van der Waals surface area contributed by atoms with E-state index < -0.39 is 28.0 Å². The van der Waals surface area contributed by atoms with Crippen LogP contribution >= 0.6 is 10.3 Å². The third-order valence-corrected chi connectivity index (χ3v) is 9.41. The van der Waals surface area contributed by atoms with Crippen LogP contribution in [0.2, 0.25) is 0 Å². The zero-order valence-corrected chi connectivity index (χ0v) is 21.1. The highest BCUT2D eigenvalue weighted by Crippen LogP contribution is 2.52. The van der Waals surface area contributed by atoms with E-state index >= 15 is 0 Å². The van der Waals surface area contributed by atoms with E-state index in [4.69, 9.17) is 4.18 Å². The van der Waals surface area contributed by atoms with Crippen molar-refractivity contribution in [1.82, 2.24) is 0 Å². The molecule has 0 radical (unpaired) electrons. The Balaban J connectivity index is 2.99. The van der Waals surface area contributed by atoms with Crippen LogP contribution in [0.5, 0.6) is 0 Å². The fourth-order valence-electron chi connectivity index (χ4n) is 3.81. The van der Waals surface area contributed by atoms with Crippen LogP contribution in [-0.4, -0.2) is 23.2 Å². The molecular formula is C26H43F3O2S. The average molecular weight is 477 g/mol. The summed E-state index contributed by atoms with van der Waals surface area (Å²) in [4.78, 5) is 13.0. The van der Waals surface area contributed by atoms with Gasteiger partial charge in [-0.15, -0.1) is 0 Å². The molecule has 0 aliphatic rings. The first-order valence-electron chi connectivity index (χ1n) is 12.5. The highest BCUT2D eigenvalue weighted by Gasteiger charge is 2.31. The molecule has 0 spiro atoms. The summed E-state index contributed by atoms with van der Waals surface area (Å²) in [6.45, 7) is 6.54. The lowest BCUT2D eigenvalue weighted by molar-refractivity contribution is -0.137. The second-order valence-corrected chi connectivity index (χ2v) is 12.0. The predicted octanol–water partition coefficient (Wildman–Crippen LogP) is 9.32. The first-order chi connectivity index (χ1) is 15.3. The summed E-state index contributed by atoms with van der Waals surface area (Å²) in [6.07, 6.45) is 9.11. The van der Waals surface area contributed by atoms with Gasteiger partial charge in [0.05, 0.1) is 11.1 Å². The maximum absolute atomic E-state index is 13.0. The molecule has 0 bridgehead atoms. The van der Waals surface area contributed by atoms with Crippen LogP contribution in [0.1, 0.15) is 114 Å². The summed E-state index contributed by atoms with van der Waals surface area (Å²) < 4.78 is 44.9. The summed E-state index contributed by atoms with van der Waals surface area (Å²) in [5.74, 6) is 2.28. The van der Waals surface area contributed by atoms with E-state index in [1.807, 2.05) is 0 Å². The first kappa shape index (κ1) is 28.9. The molecule has 0 aromatic heterocycles. The minimum atomic E-state index is -4.41. The van der Waals surface area contributed by atoms with Crippen LogP contribution in [0.3, 0.4) is 0 Å². The highest BCUT2D eigenvalue weighted by molar-refractivity contribution is 8.30. The number of alkyl halides is 3. The van der Waals surface area contributed by atoms with Crippen molar-refractivity contribution in [2.75, 3.05) is 17.3 Å². The van der Waals surface area contributed by atoms with Crippen LogP contribution in [0.25, 0.3) is 0 Å². The molecule has 0 saturated heterocycles. The minimum Gasteiger partial charge on any atom is -0.412 e. The quantitative estimate of drug-likeness (QED) is 0.209. The Morgan fingerprint density at radius 1 is 0.719 bits per heavy atom. The monoisotopic (exact) mass is 476 g/mol. The number of hydrogen-bond donors (Lipinski definition) is 0. The van der Waals surface area contributed by atoms with E-state index in [9.17, 15) is 18.0 Å². The average Bonchev–Trinajstić information content (AvgIpc) is 2.77. The molecule has 0 aliphatic carbocycles. The van der Waals surface area contributed by atoms with Gasteiger partial charge in [0.2, 0.25) is 0 Å². The van der Waals surface area contributed by atoms with E-state index in [1.54, 1.807) is 0 Å². The molecule has 0 N–H and O–H groups in total. The molecule has 0 atom stereocenters. The van der Waals surface area contributed by atoms with Gasteiger partial charge in [0.15, 0.2) is 0 Å². The fourth-order valence-corrected chi connectivity index (χ4v) is 7.28. The number of rotatable bonds is 17. The normalized spacial score (nSPS) is 12.7. The summed E-state index contributed by atoms with van der Waals surface area (Å²) >= 11 is 0. The van der Waals surface area contributed by atoms with E-state index in [1.165, 1.54) is 31.4 Å². The van der Waals surface area contributed by atoms with Crippen molar-refractivity contribution >= 4 is 16.3 Å². The van der Waals surface area contributed by atoms with Gasteiger partial charge in [0, 0.05) is 17.3 Å². The Labute approximate surface area is 195 Å². The van der Waals surface area contributed by atoms with Crippen LogP contribution in [-0.2, 0) is 10.4 Å². The molecule has 0 amide bonds. The summed E-state index contributed by atoms with van der Waals surface area (Å²) in [5, 5.41) is 0. The molecule has 2 nitrogen and oxygen atoms in total. The van der Waals surface area contributed by atoms with Gasteiger partial charge in [-0.05, 0) is 43.5 Å². The van der Waals surface area contributed by atoms with Crippen LogP contribution in [0, 0.1) is 0 Å². The van der Waals surface area contributed by atoms with Crippen molar-refractivity contribution in [2.45, 2.75) is 104 Å². The van der Waals surface area contributed by atoms with Crippen LogP contribution in [0.4, 0.5) is 13.2 Å². The zero-order valence-electron chi connectivity index (χ0n) is 20.3. The molecule has 32 heavy (non-hydrogen) atoms. The van der Waals surface area contributed by atoms with Crippen LogP contribution < -0.4 is 0 Å². The molecule has 0 fully saturated rings. The van der Waals surface area contributed by atoms with Crippen molar-refractivity contribution in [3.8, 4) is 0 Å². The van der Waals surface area contributed by atoms with Gasteiger partial charge in [-0.1, -0.05) is 88.9 Å². The Hall–Kier alpha value is -1.17. The first-order valence-corrected chi connectivity index (χ1v) is 14.5. The van der Waals surface area contributed by atoms with Gasteiger partial charge >= 0.3 is 12.1 Å². The largest absolute Gasteiger partial charge is 0.416 e. The van der Waals surface area contributed by atoms with Gasteiger partial charge in [-0.2, -0.15) is 13.2 Å². The van der Waals surface area contributed by atoms with Gasteiger partial charge in [0.25, 0.3) is 0 Å². The molecule has 0 unspecified atom stereocenters. The van der Waals surface area contributed by atoms with E-state index in [2.05, 4.69) is 20.8 Å². The molecule has 0 aliphatic heterocycles. The molecule has 1 aromatic rings. The maximum Gasteiger partial charge on any atom is 0.416 e. The third kappa shape index (κ3) is 11.1. The summed E-state index contributed by atoms with van der Waals surface area (Å²) in [7, 11) is -1.60. The second-order valence-electron chi connectivity index (χ2n) is 8.71. The maximum atomic E-state index is 13.0. The number of halogens is 3. The number of carbonyl (C=O) groups excluding carboxylic acids is 1. The number of carbonyl (C=O) groups is 1. The summed E-state index contributed by atoms with van der Waals surface area (Å²) in [5.41, 5.74) is -0.531. The molecule has 186 valence electrons. The van der Waals surface area contributed by atoms with Crippen molar-refractivity contribution < 1.29 is 22.1 Å². The van der Waals surface area contributed by atoms with Crippen molar-refractivity contribution in [1.29, 1.82) is 0 Å². The van der Waals surface area contributed by atoms with E-state index in [-0.39, 0.29) is 5.56 Å². The SMILES string of the molecule is CCCCCCS(CCCCCC)(CCCCCC)OC(=O)c1ccc(C(F)(F)F)cc1. The minimum absolute atomic E-state index is 0.213. The molecule has 6 heteroatoms. The van der Waals surface area contributed by atoms with Crippen LogP contribution in [0.15, 0.2) is 24.3 Å². The fraction of sp³-hybridized carbons (Fsp3) is 0.731. The smallest absolute Gasteiger partial charge is 0.412 e. The van der Waals surface area contributed by atoms with Crippen molar-refractivity contribution in [2.24, 2.45) is 0 Å². The predicted molar refractivity (Wildman–Crippen MR) is 131 cm³/mol. The number of hydrogen-bond acceptors (Lipinski definition) is 2. The van der Waals surface area contributed by atoms with E-state index in [0.29, 0.717) is 0 Å². The van der Waals surface area contributed by atoms with Gasteiger partial charge in [-0.3, -0.25) is 0 Å². The lowest BCUT2D eigenvalue weighted by Crippen LogP contribution is -2.21. The van der Waals surface area contributed by atoms with Crippen molar-refractivity contribution in [3.05, 3.63) is 35.4 Å². The zero-order chi connectivity index (χ0) is 23.9. The standard InChI is InChI=1S/C26H43F3O2S/c1-4-7-10-13-20-32(21-14-11-8-5-2,22-15-12-9-6-3)31-25(30)23-16-18-24(19-17-23)26(27,28)29/h16-19H,4-15,20-22H2,1-3H3. The number of unbranched alkanes of at least 4 members (excludes halogenated alkanes) is 9. The Kier molecular flexibility index (Phi) is 14.1. The molecular weight excluding hydrogens is 433 g/mol. The second kappa shape index (κ2) is 15.6.